The van der Waals surface area contributed by atoms with Gasteiger partial charge in [-0.2, -0.15) is 0 Å². The van der Waals surface area contributed by atoms with Crippen molar-refractivity contribution in [2.75, 3.05) is 0 Å². The van der Waals surface area contributed by atoms with Gasteiger partial charge in [0.2, 0.25) is 0 Å². The molecular weight excluding hydrogens is 124 g/mol. The van der Waals surface area contributed by atoms with Crippen LogP contribution in [0.15, 0.2) is 0 Å². The highest BCUT2D eigenvalue weighted by molar-refractivity contribution is 5.85. The zero-order valence-corrected chi connectivity index (χ0v) is 6.42. The predicted molar refractivity (Wildman–Crippen MR) is 40.3 cm³/mol. The Labute approximate surface area is 61.8 Å². The Balaban J connectivity index is 2.42. The summed E-state index contributed by atoms with van der Waals surface area (Å²) in [7, 11) is 0. The summed E-state index contributed by atoms with van der Waals surface area (Å²) in [5, 5.41) is 0. The van der Waals surface area contributed by atoms with Crippen molar-refractivity contribution in [2.24, 2.45) is 17.8 Å². The standard InChI is InChI=1S/C9H12O/c1-4-7-5-8(7)9(10)6(2)3/h1,6-8H,5H2,2-3H3/t7-,8-/m1/s1. The molecule has 0 aromatic rings. The first-order valence-corrected chi connectivity index (χ1v) is 3.66. The van der Waals surface area contributed by atoms with Gasteiger partial charge in [-0.05, 0) is 6.42 Å². The summed E-state index contributed by atoms with van der Waals surface area (Å²) in [5.74, 6) is 3.55. The molecule has 0 unspecified atom stereocenters. The molecule has 0 aromatic heterocycles. The van der Waals surface area contributed by atoms with Crippen LogP contribution in [0.1, 0.15) is 20.3 Å². The van der Waals surface area contributed by atoms with E-state index in [1.807, 2.05) is 13.8 Å². The number of Topliss-reactive ketones (excluding diaryl/α,β-unsaturated/α-hetero) is 1. The number of carbonyl (C=O) groups excluding carboxylic acids is 1. The van der Waals surface area contributed by atoms with Gasteiger partial charge in [0, 0.05) is 17.8 Å². The van der Waals surface area contributed by atoms with Gasteiger partial charge < -0.3 is 0 Å². The summed E-state index contributed by atoms with van der Waals surface area (Å²) < 4.78 is 0. The second-order valence-electron chi connectivity index (χ2n) is 3.17. The van der Waals surface area contributed by atoms with E-state index in [1.54, 1.807) is 0 Å². The molecule has 1 nitrogen and oxygen atoms in total. The number of hydrogen-bond acceptors (Lipinski definition) is 1. The minimum Gasteiger partial charge on any atom is -0.299 e. The van der Waals surface area contributed by atoms with Crippen LogP contribution in [0.4, 0.5) is 0 Å². The fourth-order valence-electron chi connectivity index (χ4n) is 1.12. The van der Waals surface area contributed by atoms with E-state index < -0.39 is 0 Å². The van der Waals surface area contributed by atoms with Gasteiger partial charge in [-0.25, -0.2) is 0 Å². The highest BCUT2D eigenvalue weighted by Gasteiger charge is 2.41. The van der Waals surface area contributed by atoms with E-state index in [0.717, 1.165) is 6.42 Å². The molecular formula is C9H12O. The van der Waals surface area contributed by atoms with E-state index in [-0.39, 0.29) is 17.8 Å². The zero-order chi connectivity index (χ0) is 7.72. The summed E-state index contributed by atoms with van der Waals surface area (Å²) in [6.07, 6.45) is 6.08. The van der Waals surface area contributed by atoms with Gasteiger partial charge in [0.1, 0.15) is 5.78 Å². The lowest BCUT2D eigenvalue weighted by atomic mass is 10.0. The molecule has 1 saturated carbocycles. The van der Waals surface area contributed by atoms with Crippen LogP contribution in [0.3, 0.4) is 0 Å². The van der Waals surface area contributed by atoms with Crippen molar-refractivity contribution in [3.8, 4) is 12.3 Å². The molecule has 1 heteroatoms. The van der Waals surface area contributed by atoms with Crippen molar-refractivity contribution < 1.29 is 4.79 Å². The third-order valence-electron chi connectivity index (χ3n) is 1.94. The van der Waals surface area contributed by atoms with Gasteiger partial charge in [0.25, 0.3) is 0 Å². The maximum atomic E-state index is 11.2. The molecule has 1 aliphatic rings. The largest absolute Gasteiger partial charge is 0.299 e. The molecule has 0 spiro atoms. The van der Waals surface area contributed by atoms with E-state index in [1.165, 1.54) is 0 Å². The number of ketones is 1. The molecule has 1 fully saturated rings. The molecule has 0 saturated heterocycles. The fraction of sp³-hybridized carbons (Fsp3) is 0.667. The minimum absolute atomic E-state index is 0.156. The molecule has 0 heterocycles. The van der Waals surface area contributed by atoms with Crippen LogP contribution in [-0.4, -0.2) is 5.78 Å². The smallest absolute Gasteiger partial charge is 0.139 e. The number of hydrogen-bond donors (Lipinski definition) is 0. The lowest BCUT2D eigenvalue weighted by Gasteiger charge is -1.99. The molecule has 1 rings (SSSR count). The van der Waals surface area contributed by atoms with Crippen LogP contribution in [0, 0.1) is 30.1 Å². The fourth-order valence-corrected chi connectivity index (χ4v) is 1.12. The number of terminal acetylenes is 1. The minimum atomic E-state index is 0.156. The van der Waals surface area contributed by atoms with Crippen LogP contribution in [0.25, 0.3) is 0 Å². The Morgan fingerprint density at radius 3 is 2.60 bits per heavy atom. The average Bonchev–Trinajstić information content (AvgIpc) is 2.64. The molecule has 0 aromatic carbocycles. The van der Waals surface area contributed by atoms with Gasteiger partial charge in [0.15, 0.2) is 0 Å². The Morgan fingerprint density at radius 2 is 2.30 bits per heavy atom. The third kappa shape index (κ3) is 1.21. The maximum absolute atomic E-state index is 11.2. The number of carbonyl (C=O) groups is 1. The van der Waals surface area contributed by atoms with Crippen molar-refractivity contribution in [2.45, 2.75) is 20.3 Å². The summed E-state index contributed by atoms with van der Waals surface area (Å²) in [6, 6.07) is 0. The average molecular weight is 136 g/mol. The van der Waals surface area contributed by atoms with Crippen molar-refractivity contribution in [1.82, 2.24) is 0 Å². The normalized spacial score (nSPS) is 29.8. The highest BCUT2D eigenvalue weighted by atomic mass is 16.1. The summed E-state index contributed by atoms with van der Waals surface area (Å²) >= 11 is 0. The van der Waals surface area contributed by atoms with Crippen LogP contribution in [-0.2, 0) is 4.79 Å². The molecule has 0 N–H and O–H groups in total. The summed E-state index contributed by atoms with van der Waals surface area (Å²) in [5.41, 5.74) is 0. The van der Waals surface area contributed by atoms with Crippen molar-refractivity contribution >= 4 is 5.78 Å². The Hall–Kier alpha value is -0.770. The van der Waals surface area contributed by atoms with Gasteiger partial charge in [-0.3, -0.25) is 4.79 Å². The van der Waals surface area contributed by atoms with Crippen molar-refractivity contribution in [1.29, 1.82) is 0 Å². The topological polar surface area (TPSA) is 17.1 Å². The van der Waals surface area contributed by atoms with Crippen LogP contribution in [0.5, 0.6) is 0 Å². The van der Waals surface area contributed by atoms with Crippen molar-refractivity contribution in [3.05, 3.63) is 0 Å². The molecule has 0 aliphatic heterocycles. The molecule has 0 bridgehead atoms. The number of rotatable bonds is 2. The Morgan fingerprint density at radius 1 is 1.70 bits per heavy atom. The zero-order valence-electron chi connectivity index (χ0n) is 6.42. The van der Waals surface area contributed by atoms with E-state index >= 15 is 0 Å². The highest BCUT2D eigenvalue weighted by Crippen LogP contribution is 2.39. The summed E-state index contributed by atoms with van der Waals surface area (Å²) in [4.78, 5) is 11.2. The first-order valence-electron chi connectivity index (χ1n) is 3.66. The first kappa shape index (κ1) is 7.34. The van der Waals surface area contributed by atoms with Gasteiger partial charge in [-0.1, -0.05) is 13.8 Å². The second-order valence-corrected chi connectivity index (χ2v) is 3.17. The van der Waals surface area contributed by atoms with Crippen molar-refractivity contribution in [3.63, 3.8) is 0 Å². The second kappa shape index (κ2) is 2.46. The lowest BCUT2D eigenvalue weighted by molar-refractivity contribution is -0.123. The van der Waals surface area contributed by atoms with Gasteiger partial charge in [0.05, 0.1) is 0 Å². The molecule has 0 radical (unpaired) electrons. The molecule has 2 atom stereocenters. The molecule has 54 valence electrons. The van der Waals surface area contributed by atoms with E-state index in [2.05, 4.69) is 5.92 Å². The quantitative estimate of drug-likeness (QED) is 0.525. The van der Waals surface area contributed by atoms with Crippen LogP contribution in [0.2, 0.25) is 0 Å². The van der Waals surface area contributed by atoms with E-state index in [0.29, 0.717) is 5.78 Å². The van der Waals surface area contributed by atoms with Crippen LogP contribution >= 0.6 is 0 Å². The predicted octanol–water partition coefficient (Wildman–Crippen LogP) is 1.48. The first-order chi connectivity index (χ1) is 4.66. The lowest BCUT2D eigenvalue weighted by Crippen LogP contribution is -2.09. The molecule has 10 heavy (non-hydrogen) atoms. The SMILES string of the molecule is C#C[C@@H]1C[C@H]1C(=O)C(C)C. The monoisotopic (exact) mass is 136 g/mol. The van der Waals surface area contributed by atoms with E-state index in [9.17, 15) is 4.79 Å². The van der Waals surface area contributed by atoms with Gasteiger partial charge in [-0.15, -0.1) is 12.3 Å². The maximum Gasteiger partial charge on any atom is 0.139 e. The molecule has 1 aliphatic carbocycles. The molecule has 0 amide bonds. The van der Waals surface area contributed by atoms with Gasteiger partial charge >= 0.3 is 0 Å². The Kier molecular flexibility index (Phi) is 1.80. The van der Waals surface area contributed by atoms with Crippen LogP contribution < -0.4 is 0 Å². The van der Waals surface area contributed by atoms with E-state index in [4.69, 9.17) is 6.42 Å². The Bertz CT molecular complexity index is 185. The third-order valence-corrected chi connectivity index (χ3v) is 1.94. The summed E-state index contributed by atoms with van der Waals surface area (Å²) in [6.45, 7) is 3.85.